The van der Waals surface area contributed by atoms with Gasteiger partial charge in [0, 0.05) is 10.0 Å². The Labute approximate surface area is 147 Å². The maximum Gasteiger partial charge on any atom is 0.338 e. The molecule has 1 aliphatic heterocycles. The van der Waals surface area contributed by atoms with Gasteiger partial charge < -0.3 is 23.7 Å². The molecule has 24 heavy (non-hydrogen) atoms. The highest BCUT2D eigenvalue weighted by Crippen LogP contribution is 2.34. The zero-order chi connectivity index (χ0) is 17.1. The molecule has 0 fully saturated rings. The van der Waals surface area contributed by atoms with Crippen LogP contribution in [0.1, 0.15) is 15.9 Å². The number of fused-ring (bicyclic) bond motifs is 1. The van der Waals surface area contributed by atoms with Crippen molar-refractivity contribution in [2.24, 2.45) is 0 Å². The van der Waals surface area contributed by atoms with E-state index in [-0.39, 0.29) is 13.4 Å². The molecule has 0 unspecified atom stereocenters. The van der Waals surface area contributed by atoms with E-state index in [2.05, 4.69) is 15.9 Å². The van der Waals surface area contributed by atoms with Crippen LogP contribution < -0.4 is 18.9 Å². The van der Waals surface area contributed by atoms with E-state index in [0.29, 0.717) is 28.6 Å². The summed E-state index contributed by atoms with van der Waals surface area (Å²) in [5.41, 5.74) is 1.16. The van der Waals surface area contributed by atoms with E-state index in [1.807, 2.05) is 0 Å². The highest BCUT2D eigenvalue weighted by atomic mass is 79.9. The van der Waals surface area contributed by atoms with Gasteiger partial charge in [0.15, 0.2) is 23.0 Å². The fourth-order valence-corrected chi connectivity index (χ4v) is 2.69. The molecule has 3 rings (SSSR count). The van der Waals surface area contributed by atoms with E-state index in [4.69, 9.17) is 23.7 Å². The molecule has 0 N–H and O–H groups in total. The van der Waals surface area contributed by atoms with Crippen molar-refractivity contribution in [3.8, 4) is 23.0 Å². The van der Waals surface area contributed by atoms with Crippen LogP contribution >= 0.6 is 15.9 Å². The second kappa shape index (κ2) is 7.00. The Kier molecular flexibility index (Phi) is 4.80. The van der Waals surface area contributed by atoms with Crippen LogP contribution in [0.15, 0.2) is 34.8 Å². The molecule has 1 aliphatic rings. The Morgan fingerprint density at radius 2 is 1.79 bits per heavy atom. The molecule has 6 nitrogen and oxygen atoms in total. The zero-order valence-corrected chi connectivity index (χ0v) is 14.7. The maximum absolute atomic E-state index is 12.2. The fraction of sp³-hybridized carbons (Fsp3) is 0.235. The molecule has 0 saturated carbocycles. The van der Waals surface area contributed by atoms with Gasteiger partial charge in [0.05, 0.1) is 19.8 Å². The summed E-state index contributed by atoms with van der Waals surface area (Å²) in [5, 5.41) is 0. The van der Waals surface area contributed by atoms with Crippen molar-refractivity contribution in [2.45, 2.75) is 6.61 Å². The quantitative estimate of drug-likeness (QED) is 0.722. The summed E-state index contributed by atoms with van der Waals surface area (Å²) >= 11 is 3.43. The molecule has 0 atom stereocenters. The largest absolute Gasteiger partial charge is 0.493 e. The van der Waals surface area contributed by atoms with Crippen LogP contribution in [-0.2, 0) is 11.3 Å². The Hall–Kier alpha value is -2.41. The van der Waals surface area contributed by atoms with Crippen LogP contribution in [0.4, 0.5) is 0 Å². The first-order chi connectivity index (χ1) is 11.6. The molecule has 0 bridgehead atoms. The maximum atomic E-state index is 12.2. The third-order valence-electron chi connectivity index (χ3n) is 3.52. The molecule has 0 radical (unpaired) electrons. The van der Waals surface area contributed by atoms with Crippen LogP contribution in [0.25, 0.3) is 0 Å². The number of halogens is 1. The lowest BCUT2D eigenvalue weighted by molar-refractivity contribution is 0.0471. The topological polar surface area (TPSA) is 63.2 Å². The van der Waals surface area contributed by atoms with Gasteiger partial charge >= 0.3 is 5.97 Å². The molecule has 0 saturated heterocycles. The first kappa shape index (κ1) is 16.4. The van der Waals surface area contributed by atoms with Crippen molar-refractivity contribution in [3.63, 3.8) is 0 Å². The van der Waals surface area contributed by atoms with E-state index < -0.39 is 5.97 Å². The number of carbonyl (C=O) groups excluding carboxylic acids is 1. The van der Waals surface area contributed by atoms with Gasteiger partial charge in [-0.2, -0.15) is 0 Å². The normalized spacial score (nSPS) is 12.0. The SMILES string of the molecule is COc1cc(Br)c(COC(=O)c2ccc3c(c2)OCO3)cc1OC. The predicted octanol–water partition coefficient (Wildman–Crippen LogP) is 3.55. The summed E-state index contributed by atoms with van der Waals surface area (Å²) in [6.45, 7) is 0.251. The molecule has 1 heterocycles. The van der Waals surface area contributed by atoms with Gasteiger partial charge in [0.25, 0.3) is 0 Å². The molecule has 0 aromatic heterocycles. The minimum Gasteiger partial charge on any atom is -0.493 e. The Morgan fingerprint density at radius 3 is 2.54 bits per heavy atom. The van der Waals surface area contributed by atoms with Crippen molar-refractivity contribution in [2.75, 3.05) is 21.0 Å². The predicted molar refractivity (Wildman–Crippen MR) is 88.9 cm³/mol. The molecule has 7 heteroatoms. The van der Waals surface area contributed by atoms with E-state index in [9.17, 15) is 4.79 Å². The van der Waals surface area contributed by atoms with E-state index >= 15 is 0 Å². The lowest BCUT2D eigenvalue weighted by atomic mass is 10.2. The van der Waals surface area contributed by atoms with E-state index in [0.717, 1.165) is 10.0 Å². The van der Waals surface area contributed by atoms with Crippen molar-refractivity contribution in [1.82, 2.24) is 0 Å². The number of hydrogen-bond acceptors (Lipinski definition) is 6. The van der Waals surface area contributed by atoms with E-state index in [1.165, 1.54) is 0 Å². The van der Waals surface area contributed by atoms with Crippen molar-refractivity contribution >= 4 is 21.9 Å². The second-order valence-electron chi connectivity index (χ2n) is 4.94. The molecule has 2 aromatic carbocycles. The first-order valence-corrected chi connectivity index (χ1v) is 7.89. The van der Waals surface area contributed by atoms with Crippen LogP contribution in [0.5, 0.6) is 23.0 Å². The molecule has 2 aromatic rings. The number of benzene rings is 2. The summed E-state index contributed by atoms with van der Waals surface area (Å²) < 4.78 is 27.1. The lowest BCUT2D eigenvalue weighted by Crippen LogP contribution is -2.06. The van der Waals surface area contributed by atoms with Gasteiger partial charge in [-0.05, 0) is 30.3 Å². The van der Waals surface area contributed by atoms with Gasteiger partial charge in [0.2, 0.25) is 6.79 Å². The molecule has 0 aliphatic carbocycles. The minimum atomic E-state index is -0.449. The van der Waals surface area contributed by atoms with Gasteiger partial charge in [-0.25, -0.2) is 4.79 Å². The number of esters is 1. The Bertz CT molecular complexity index is 774. The highest BCUT2D eigenvalue weighted by molar-refractivity contribution is 9.10. The monoisotopic (exact) mass is 394 g/mol. The van der Waals surface area contributed by atoms with E-state index in [1.54, 1.807) is 44.6 Å². The first-order valence-electron chi connectivity index (χ1n) is 7.09. The summed E-state index contributed by atoms with van der Waals surface area (Å²) in [6.07, 6.45) is 0. The molecular formula is C17H15BrO6. The van der Waals surface area contributed by atoms with Gasteiger partial charge in [-0.3, -0.25) is 0 Å². The van der Waals surface area contributed by atoms with Crippen LogP contribution in [0, 0.1) is 0 Å². The molecule has 0 amide bonds. The lowest BCUT2D eigenvalue weighted by Gasteiger charge is -2.12. The Morgan fingerprint density at radius 1 is 1.08 bits per heavy atom. The van der Waals surface area contributed by atoms with Gasteiger partial charge in [-0.15, -0.1) is 0 Å². The van der Waals surface area contributed by atoms with Gasteiger partial charge in [0.1, 0.15) is 6.61 Å². The van der Waals surface area contributed by atoms with Crippen LogP contribution in [-0.4, -0.2) is 27.0 Å². The summed E-state index contributed by atoms with van der Waals surface area (Å²) in [7, 11) is 3.11. The number of methoxy groups -OCH3 is 2. The highest BCUT2D eigenvalue weighted by Gasteiger charge is 2.18. The number of ether oxygens (including phenoxy) is 5. The van der Waals surface area contributed by atoms with Crippen molar-refractivity contribution < 1.29 is 28.5 Å². The number of hydrogen-bond donors (Lipinski definition) is 0. The van der Waals surface area contributed by atoms with Crippen molar-refractivity contribution in [3.05, 3.63) is 45.9 Å². The zero-order valence-electron chi connectivity index (χ0n) is 13.1. The molecule has 0 spiro atoms. The van der Waals surface area contributed by atoms with Gasteiger partial charge in [-0.1, -0.05) is 15.9 Å². The van der Waals surface area contributed by atoms with Crippen LogP contribution in [0.2, 0.25) is 0 Å². The molecular weight excluding hydrogens is 380 g/mol. The third-order valence-corrected chi connectivity index (χ3v) is 4.26. The number of carbonyl (C=O) groups is 1. The van der Waals surface area contributed by atoms with Crippen molar-refractivity contribution in [1.29, 1.82) is 0 Å². The second-order valence-corrected chi connectivity index (χ2v) is 5.80. The summed E-state index contributed by atoms with van der Waals surface area (Å²) in [4.78, 5) is 12.2. The third kappa shape index (κ3) is 3.26. The smallest absolute Gasteiger partial charge is 0.338 e. The molecule has 126 valence electrons. The van der Waals surface area contributed by atoms with Crippen LogP contribution in [0.3, 0.4) is 0 Å². The number of rotatable bonds is 5. The summed E-state index contributed by atoms with van der Waals surface area (Å²) in [6, 6.07) is 8.46. The fourth-order valence-electron chi connectivity index (χ4n) is 2.26. The standard InChI is InChI=1S/C17H15BrO6/c1-20-14-6-11(12(18)7-15(14)21-2)8-22-17(19)10-3-4-13-16(5-10)24-9-23-13/h3-7H,8-9H2,1-2H3. The average Bonchev–Trinajstić information content (AvgIpc) is 3.07. The summed E-state index contributed by atoms with van der Waals surface area (Å²) in [5.74, 6) is 1.87. The minimum absolute atomic E-state index is 0.0915. The average molecular weight is 395 g/mol. The Balaban J connectivity index is 1.72.